The van der Waals surface area contributed by atoms with Crippen molar-refractivity contribution in [2.45, 2.75) is 19.8 Å². The number of benzene rings is 3. The second-order valence-corrected chi connectivity index (χ2v) is 8.08. The molecule has 0 aliphatic carbocycles. The van der Waals surface area contributed by atoms with Crippen LogP contribution in [0, 0.1) is 6.92 Å². The number of aromatic nitrogens is 3. The molecule has 5 nitrogen and oxygen atoms in total. The molecule has 5 rings (SSSR count). The molecule has 3 aromatic rings. The molecule has 2 aliphatic rings. The van der Waals surface area contributed by atoms with E-state index in [4.69, 9.17) is 4.98 Å². The van der Waals surface area contributed by atoms with Gasteiger partial charge in [-0.3, -0.25) is 9.36 Å². The third kappa shape index (κ3) is 3.93. The van der Waals surface area contributed by atoms with Gasteiger partial charge in [-0.25, -0.2) is 4.98 Å². The average molecular weight is 422 g/mol. The van der Waals surface area contributed by atoms with Gasteiger partial charge in [0.2, 0.25) is 0 Å². The highest BCUT2D eigenvalue weighted by molar-refractivity contribution is 5.62. The summed E-state index contributed by atoms with van der Waals surface area (Å²) in [6.07, 6.45) is 2.86. The maximum Gasteiger partial charge on any atom is 0.278 e. The van der Waals surface area contributed by atoms with Gasteiger partial charge >= 0.3 is 0 Å². The summed E-state index contributed by atoms with van der Waals surface area (Å²) in [5.41, 5.74) is 6.15. The maximum absolute atomic E-state index is 13.3. The Hall–Kier alpha value is -4.12. The topological polar surface area (TPSA) is 70.9 Å². The molecule has 2 N–H and O–H groups in total. The van der Waals surface area contributed by atoms with Gasteiger partial charge < -0.3 is 10.1 Å². The fourth-order valence-corrected chi connectivity index (χ4v) is 3.94. The number of fused-ring (bicyclic) bond motifs is 1. The summed E-state index contributed by atoms with van der Waals surface area (Å²) in [5.74, 6) is 0.804. The number of hydrogen-bond donors (Lipinski definition) is 2. The number of rotatable bonds is 5. The van der Waals surface area contributed by atoms with Crippen LogP contribution in [0.2, 0.25) is 0 Å². The number of nitrogens with zero attached hydrogens (tertiary/aromatic N) is 2. The fraction of sp³-hybridized carbons (Fsp3) is 0.111. The Morgan fingerprint density at radius 2 is 1.66 bits per heavy atom. The average Bonchev–Trinajstić information content (AvgIpc) is 3.12. The number of aromatic amines is 1. The molecule has 0 unspecified atom stereocenters. The number of phenols is 1. The fourth-order valence-electron chi connectivity index (χ4n) is 3.94. The van der Waals surface area contributed by atoms with Gasteiger partial charge in [-0.1, -0.05) is 72.3 Å². The molecule has 2 aliphatic heterocycles. The van der Waals surface area contributed by atoms with E-state index < -0.39 is 0 Å². The van der Waals surface area contributed by atoms with Crippen molar-refractivity contribution < 1.29 is 5.11 Å². The zero-order valence-corrected chi connectivity index (χ0v) is 17.7. The lowest BCUT2D eigenvalue weighted by atomic mass is 10.1. The Morgan fingerprint density at radius 3 is 2.41 bits per heavy atom. The lowest BCUT2D eigenvalue weighted by molar-refractivity contribution is 0.475. The van der Waals surface area contributed by atoms with Crippen LogP contribution in [0.3, 0.4) is 0 Å². The molecule has 0 spiro atoms. The van der Waals surface area contributed by atoms with Crippen LogP contribution in [-0.4, -0.2) is 19.6 Å². The maximum atomic E-state index is 13.3. The monoisotopic (exact) mass is 421 g/mol. The van der Waals surface area contributed by atoms with E-state index in [0.717, 1.165) is 28.1 Å². The number of hydrogen-bond acceptors (Lipinski definition) is 3. The van der Waals surface area contributed by atoms with Crippen molar-refractivity contribution in [2.75, 3.05) is 0 Å². The highest BCUT2D eigenvalue weighted by Crippen LogP contribution is 2.26. The molecule has 2 heterocycles. The van der Waals surface area contributed by atoms with E-state index in [9.17, 15) is 9.90 Å². The predicted octanol–water partition coefficient (Wildman–Crippen LogP) is 4.86. The van der Waals surface area contributed by atoms with Crippen molar-refractivity contribution in [3.05, 3.63) is 123 Å². The first-order chi connectivity index (χ1) is 15.6. The molecule has 5 heteroatoms. The van der Waals surface area contributed by atoms with Crippen molar-refractivity contribution >= 4 is 0 Å². The summed E-state index contributed by atoms with van der Waals surface area (Å²) in [5, 5.41) is 9.94. The molecule has 3 aromatic carbocycles. The van der Waals surface area contributed by atoms with Gasteiger partial charge in [-0.15, -0.1) is 0 Å². The molecular weight excluding hydrogens is 398 g/mol. The second kappa shape index (κ2) is 8.19. The van der Waals surface area contributed by atoms with Gasteiger partial charge in [0.15, 0.2) is 5.82 Å². The zero-order valence-electron chi connectivity index (χ0n) is 17.7. The first-order valence-corrected chi connectivity index (χ1v) is 10.6. The van der Waals surface area contributed by atoms with Crippen LogP contribution in [-0.2, 0) is 12.8 Å². The number of H-pyrrole nitrogens is 1. The quantitative estimate of drug-likeness (QED) is 0.426. The number of imidazole rings is 1. The van der Waals surface area contributed by atoms with Gasteiger partial charge in [0.05, 0.1) is 11.4 Å². The minimum absolute atomic E-state index is 0.120. The molecule has 0 bridgehead atoms. The van der Waals surface area contributed by atoms with E-state index >= 15 is 0 Å². The van der Waals surface area contributed by atoms with Crippen molar-refractivity contribution in [1.82, 2.24) is 14.5 Å². The van der Waals surface area contributed by atoms with Crippen LogP contribution in [0.4, 0.5) is 0 Å². The summed E-state index contributed by atoms with van der Waals surface area (Å²) in [6.45, 7) is 2.04. The Kier molecular flexibility index (Phi) is 5.07. The van der Waals surface area contributed by atoms with E-state index in [0.29, 0.717) is 24.4 Å². The second-order valence-electron chi connectivity index (χ2n) is 8.08. The molecule has 0 radical (unpaired) electrons. The molecule has 32 heavy (non-hydrogen) atoms. The molecule has 158 valence electrons. The summed E-state index contributed by atoms with van der Waals surface area (Å²) in [4.78, 5) is 21.5. The molecule has 0 saturated heterocycles. The first-order valence-electron chi connectivity index (χ1n) is 10.6. The van der Waals surface area contributed by atoms with Crippen LogP contribution < -0.4 is 5.56 Å². The molecule has 0 atom stereocenters. The summed E-state index contributed by atoms with van der Waals surface area (Å²) < 4.78 is 1.62. The number of nitrogens with one attached hydrogen (secondary N) is 1. The van der Waals surface area contributed by atoms with E-state index in [-0.39, 0.29) is 11.3 Å². The molecule has 0 aromatic heterocycles. The van der Waals surface area contributed by atoms with Crippen molar-refractivity contribution in [3.63, 3.8) is 0 Å². The lowest BCUT2D eigenvalue weighted by Crippen LogP contribution is -2.17. The van der Waals surface area contributed by atoms with Crippen LogP contribution in [0.25, 0.3) is 17.1 Å². The highest BCUT2D eigenvalue weighted by atomic mass is 16.3. The van der Waals surface area contributed by atoms with Crippen molar-refractivity contribution in [2.24, 2.45) is 0 Å². The third-order valence-electron chi connectivity index (χ3n) is 5.62. The normalized spacial score (nSPS) is 11.2. The molecule has 0 amide bonds. The van der Waals surface area contributed by atoms with Gasteiger partial charge in [-0.2, -0.15) is 0 Å². The van der Waals surface area contributed by atoms with Crippen LogP contribution >= 0.6 is 0 Å². The molecular formula is C27H23N3O2. The number of phenolic OH excluding ortho intramolecular Hbond substituents is 1. The van der Waals surface area contributed by atoms with Gasteiger partial charge in [-0.05, 0) is 30.2 Å². The predicted molar refractivity (Wildman–Crippen MR) is 126 cm³/mol. The summed E-state index contributed by atoms with van der Waals surface area (Å²) in [7, 11) is 0. The molecule has 0 fully saturated rings. The Labute approximate surface area is 186 Å². The standard InChI is InChI=1S/C27H23N3O2/c1-18-10-12-20(13-11-18)15-24-27(32)30-17-25(21-8-5-9-22(31)16-21)28-23(26(30)29-24)14-19-6-3-2-4-7-19/h2-13,16-17,28,31H,14-15H2,1H3. The summed E-state index contributed by atoms with van der Waals surface area (Å²) in [6, 6.07) is 25.2. The van der Waals surface area contributed by atoms with Crippen LogP contribution in [0.15, 0.2) is 89.9 Å². The van der Waals surface area contributed by atoms with E-state index in [1.54, 1.807) is 29.0 Å². The molecule has 0 saturated carbocycles. The van der Waals surface area contributed by atoms with E-state index in [1.165, 1.54) is 5.56 Å². The van der Waals surface area contributed by atoms with Crippen LogP contribution in [0.5, 0.6) is 5.75 Å². The zero-order chi connectivity index (χ0) is 22.1. The number of aryl methyl sites for hydroxylation is 1. The minimum Gasteiger partial charge on any atom is -0.508 e. The van der Waals surface area contributed by atoms with Crippen molar-refractivity contribution in [3.8, 4) is 22.8 Å². The largest absolute Gasteiger partial charge is 0.508 e. The van der Waals surface area contributed by atoms with Gasteiger partial charge in [0.25, 0.3) is 5.56 Å². The first kappa shape index (κ1) is 19.8. The van der Waals surface area contributed by atoms with Crippen molar-refractivity contribution in [1.29, 1.82) is 0 Å². The Balaban J connectivity index is 1.64. The highest BCUT2D eigenvalue weighted by Gasteiger charge is 2.20. The van der Waals surface area contributed by atoms with Gasteiger partial charge in [0.1, 0.15) is 11.4 Å². The Morgan fingerprint density at radius 1 is 0.906 bits per heavy atom. The van der Waals surface area contributed by atoms with E-state index in [1.807, 2.05) is 55.5 Å². The number of aromatic hydroxyl groups is 1. The Bertz CT molecular complexity index is 1400. The smallest absolute Gasteiger partial charge is 0.278 e. The SMILES string of the molecule is Cc1ccc(Cc2nc3c(Cc4ccccc4)[nH]c(-c4cccc(O)c4)cn-3c2=O)cc1. The van der Waals surface area contributed by atoms with Crippen LogP contribution in [0.1, 0.15) is 28.1 Å². The lowest BCUT2D eigenvalue weighted by Gasteiger charge is -2.13. The van der Waals surface area contributed by atoms with E-state index in [2.05, 4.69) is 17.1 Å². The summed E-state index contributed by atoms with van der Waals surface area (Å²) >= 11 is 0. The minimum atomic E-state index is -0.120. The van der Waals surface area contributed by atoms with Gasteiger partial charge in [0, 0.05) is 24.6 Å². The third-order valence-corrected chi connectivity index (χ3v) is 5.62.